The first-order valence-corrected chi connectivity index (χ1v) is 8.08. The van der Waals surface area contributed by atoms with Crippen LogP contribution in [0.25, 0.3) is 0 Å². The topological polar surface area (TPSA) is 93.1 Å². The van der Waals surface area contributed by atoms with Gasteiger partial charge in [0.15, 0.2) is 5.78 Å². The van der Waals surface area contributed by atoms with Gasteiger partial charge in [0.2, 0.25) is 0 Å². The minimum atomic E-state index is -1.05. The van der Waals surface area contributed by atoms with Crippen LogP contribution >= 0.6 is 0 Å². The summed E-state index contributed by atoms with van der Waals surface area (Å²) < 4.78 is 5.36. The first kappa shape index (κ1) is 19.1. The molecule has 0 aliphatic carbocycles. The molecular formula is C19H19NO6. The molecule has 0 fully saturated rings. The Labute approximate surface area is 150 Å². The molecule has 2 aromatic carbocycles. The zero-order valence-corrected chi connectivity index (χ0v) is 14.5. The molecule has 0 aliphatic rings. The summed E-state index contributed by atoms with van der Waals surface area (Å²) >= 11 is 0. The number of rotatable bonds is 6. The number of hydrogen-bond acceptors (Lipinski definition) is 6. The highest BCUT2D eigenvalue weighted by Gasteiger charge is 2.23. The number of carbonyl (C=O) groups excluding carboxylic acids is 3. The van der Waals surface area contributed by atoms with Crippen LogP contribution in [0.3, 0.4) is 0 Å². The van der Waals surface area contributed by atoms with Gasteiger partial charge in [-0.1, -0.05) is 30.3 Å². The van der Waals surface area contributed by atoms with Crippen molar-refractivity contribution in [2.24, 2.45) is 0 Å². The lowest BCUT2D eigenvalue weighted by molar-refractivity contribution is -0.182. The van der Waals surface area contributed by atoms with Gasteiger partial charge < -0.3 is 9.64 Å². The lowest BCUT2D eigenvalue weighted by Gasteiger charge is -2.19. The van der Waals surface area contributed by atoms with Crippen molar-refractivity contribution in [1.29, 1.82) is 0 Å². The van der Waals surface area contributed by atoms with E-state index in [0.717, 1.165) is 0 Å². The normalized spacial score (nSPS) is 10.1. The van der Waals surface area contributed by atoms with Gasteiger partial charge in [0.05, 0.1) is 11.1 Å². The van der Waals surface area contributed by atoms with Crippen LogP contribution < -0.4 is 4.74 Å². The van der Waals surface area contributed by atoms with Gasteiger partial charge in [0, 0.05) is 18.7 Å². The smallest absolute Gasteiger partial charge is 0.409 e. The predicted octanol–water partition coefficient (Wildman–Crippen LogP) is 3.39. The summed E-state index contributed by atoms with van der Waals surface area (Å²) in [5.41, 5.74) is 0.0500. The minimum absolute atomic E-state index is 0.0258. The lowest BCUT2D eigenvalue weighted by Crippen LogP contribution is -2.33. The summed E-state index contributed by atoms with van der Waals surface area (Å²) in [6.07, 6.45) is -0.571. The van der Waals surface area contributed by atoms with E-state index in [9.17, 15) is 14.4 Å². The molecule has 0 saturated carbocycles. The molecule has 0 spiro atoms. The maximum Gasteiger partial charge on any atom is 0.415 e. The summed E-state index contributed by atoms with van der Waals surface area (Å²) in [5.74, 6) is -1.50. The number of benzene rings is 2. The quantitative estimate of drug-likeness (QED) is 0.484. The van der Waals surface area contributed by atoms with Crippen molar-refractivity contribution in [3.05, 3.63) is 65.2 Å². The van der Waals surface area contributed by atoms with Crippen LogP contribution in [0.4, 0.5) is 4.79 Å². The van der Waals surface area contributed by atoms with E-state index >= 15 is 0 Å². The second kappa shape index (κ2) is 8.77. The molecule has 0 atom stereocenters. The third-order valence-electron chi connectivity index (χ3n) is 3.83. The Morgan fingerprint density at radius 3 is 2.00 bits per heavy atom. The fourth-order valence-electron chi connectivity index (χ4n) is 2.44. The Balaban J connectivity index is 2.40. The van der Waals surface area contributed by atoms with Crippen LogP contribution in [0.1, 0.15) is 40.1 Å². The van der Waals surface area contributed by atoms with E-state index in [1.807, 2.05) is 13.8 Å². The maximum absolute atomic E-state index is 12.9. The van der Waals surface area contributed by atoms with E-state index < -0.39 is 17.8 Å². The molecule has 0 aliphatic heterocycles. The van der Waals surface area contributed by atoms with E-state index in [0.29, 0.717) is 13.1 Å². The summed E-state index contributed by atoms with van der Waals surface area (Å²) in [7, 11) is 0. The summed E-state index contributed by atoms with van der Waals surface area (Å²) in [4.78, 5) is 42.0. The third kappa shape index (κ3) is 4.07. The second-order valence-corrected chi connectivity index (χ2v) is 5.29. The van der Waals surface area contributed by atoms with Crippen molar-refractivity contribution in [3.63, 3.8) is 0 Å². The van der Waals surface area contributed by atoms with Gasteiger partial charge in [-0.2, -0.15) is 5.26 Å². The van der Waals surface area contributed by atoms with Crippen LogP contribution in [-0.4, -0.2) is 41.1 Å². The number of hydrogen-bond donors (Lipinski definition) is 1. The Hall–Kier alpha value is -3.19. The molecule has 0 aromatic heterocycles. The number of amides is 1. The summed E-state index contributed by atoms with van der Waals surface area (Å²) in [6.45, 7) is 4.57. The molecule has 2 aromatic rings. The number of ether oxygens (including phenoxy) is 1. The standard InChI is InChI=1S/C19H19NO6/c1-3-20(4-2)19(23)25-16-12-8-7-11-15(16)17(21)13-9-5-6-10-14(13)18(22)26-24/h5-12,24H,3-4H2,1-2H3. The van der Waals surface area contributed by atoms with Gasteiger partial charge in [-0.05, 0) is 32.0 Å². The highest BCUT2D eigenvalue weighted by Crippen LogP contribution is 2.24. The molecule has 0 heterocycles. The summed E-state index contributed by atoms with van der Waals surface area (Å²) in [5, 5.41) is 8.62. The van der Waals surface area contributed by atoms with E-state index in [-0.39, 0.29) is 22.4 Å². The Kier molecular flexibility index (Phi) is 6.46. The monoisotopic (exact) mass is 357 g/mol. The van der Waals surface area contributed by atoms with E-state index in [2.05, 4.69) is 4.89 Å². The molecule has 26 heavy (non-hydrogen) atoms. The van der Waals surface area contributed by atoms with Gasteiger partial charge in [-0.3, -0.25) is 9.68 Å². The maximum atomic E-state index is 12.9. The van der Waals surface area contributed by atoms with Crippen LogP contribution in [-0.2, 0) is 4.89 Å². The van der Waals surface area contributed by atoms with E-state index in [4.69, 9.17) is 9.99 Å². The molecule has 1 amide bonds. The van der Waals surface area contributed by atoms with Gasteiger partial charge >= 0.3 is 12.1 Å². The second-order valence-electron chi connectivity index (χ2n) is 5.29. The van der Waals surface area contributed by atoms with Crippen molar-refractivity contribution in [3.8, 4) is 5.75 Å². The first-order valence-electron chi connectivity index (χ1n) is 8.08. The number of carbonyl (C=O) groups is 3. The molecule has 0 unspecified atom stereocenters. The van der Waals surface area contributed by atoms with Crippen LogP contribution in [0.5, 0.6) is 5.75 Å². The average Bonchev–Trinajstić information content (AvgIpc) is 2.68. The molecular weight excluding hydrogens is 338 g/mol. The Morgan fingerprint density at radius 2 is 1.42 bits per heavy atom. The minimum Gasteiger partial charge on any atom is -0.409 e. The molecule has 0 bridgehead atoms. The molecule has 7 heteroatoms. The highest BCUT2D eigenvalue weighted by atomic mass is 17.1. The summed E-state index contributed by atoms with van der Waals surface area (Å²) in [6, 6.07) is 12.1. The predicted molar refractivity (Wildman–Crippen MR) is 93.3 cm³/mol. The van der Waals surface area contributed by atoms with E-state index in [1.165, 1.54) is 35.2 Å². The molecule has 7 nitrogen and oxygen atoms in total. The first-order chi connectivity index (χ1) is 12.5. The largest absolute Gasteiger partial charge is 0.415 e. The van der Waals surface area contributed by atoms with Crippen LogP contribution in [0, 0.1) is 0 Å². The zero-order valence-electron chi connectivity index (χ0n) is 14.5. The van der Waals surface area contributed by atoms with Crippen LogP contribution in [0.2, 0.25) is 0 Å². The van der Waals surface area contributed by atoms with Crippen molar-refractivity contribution >= 4 is 17.8 Å². The van der Waals surface area contributed by atoms with Crippen molar-refractivity contribution in [2.45, 2.75) is 13.8 Å². The van der Waals surface area contributed by atoms with Crippen molar-refractivity contribution < 1.29 is 29.3 Å². The van der Waals surface area contributed by atoms with Crippen molar-refractivity contribution in [2.75, 3.05) is 13.1 Å². The number of nitrogens with zero attached hydrogens (tertiary/aromatic N) is 1. The molecule has 1 N–H and O–H groups in total. The molecule has 0 radical (unpaired) electrons. The SMILES string of the molecule is CCN(CC)C(=O)Oc1ccccc1C(=O)c1ccccc1C(=O)OO. The van der Waals surface area contributed by atoms with E-state index in [1.54, 1.807) is 18.2 Å². The fourth-order valence-corrected chi connectivity index (χ4v) is 2.44. The van der Waals surface area contributed by atoms with Gasteiger partial charge in [0.1, 0.15) is 5.75 Å². The highest BCUT2D eigenvalue weighted by molar-refractivity contribution is 6.15. The zero-order chi connectivity index (χ0) is 19.1. The lowest BCUT2D eigenvalue weighted by atomic mass is 9.98. The van der Waals surface area contributed by atoms with Gasteiger partial charge in [-0.15, -0.1) is 0 Å². The fraction of sp³-hybridized carbons (Fsp3) is 0.211. The molecule has 2 rings (SSSR count). The van der Waals surface area contributed by atoms with Gasteiger partial charge in [-0.25, -0.2) is 9.59 Å². The Morgan fingerprint density at radius 1 is 0.885 bits per heavy atom. The van der Waals surface area contributed by atoms with Gasteiger partial charge in [0.25, 0.3) is 0 Å². The number of para-hydroxylation sites is 1. The number of ketones is 1. The van der Waals surface area contributed by atoms with Crippen molar-refractivity contribution in [1.82, 2.24) is 4.90 Å². The molecule has 0 saturated heterocycles. The third-order valence-corrected chi connectivity index (χ3v) is 3.83. The molecule has 136 valence electrons. The Bertz CT molecular complexity index is 813. The average molecular weight is 357 g/mol. The van der Waals surface area contributed by atoms with Crippen LogP contribution in [0.15, 0.2) is 48.5 Å².